The van der Waals surface area contributed by atoms with E-state index in [1.807, 2.05) is 12.1 Å². The van der Waals surface area contributed by atoms with Gasteiger partial charge < -0.3 is 14.7 Å². The van der Waals surface area contributed by atoms with Gasteiger partial charge in [0.2, 0.25) is 0 Å². The van der Waals surface area contributed by atoms with Gasteiger partial charge in [0, 0.05) is 22.5 Å². The second-order valence-corrected chi connectivity index (χ2v) is 7.30. The number of hydrogen-bond donors (Lipinski definition) is 1. The summed E-state index contributed by atoms with van der Waals surface area (Å²) >= 11 is 8.23. The lowest BCUT2D eigenvalue weighted by Gasteiger charge is -2.32. The number of rotatable bonds is 4. The largest absolute Gasteiger partial charge is 0.483 e. The van der Waals surface area contributed by atoms with Crippen LogP contribution in [0.4, 0.5) is 0 Å². The van der Waals surface area contributed by atoms with Crippen molar-refractivity contribution in [2.75, 3.05) is 24.7 Å². The molecule has 0 saturated carbocycles. The van der Waals surface area contributed by atoms with Crippen LogP contribution >= 0.6 is 43.6 Å². The molecule has 1 aliphatic rings. The minimum atomic E-state index is -0.972. The lowest BCUT2D eigenvalue weighted by Crippen LogP contribution is -2.51. The average Bonchev–Trinajstić information content (AvgIpc) is 2.46. The minimum Gasteiger partial charge on any atom is -0.483 e. The molecule has 0 aliphatic carbocycles. The number of halogens is 2. The summed E-state index contributed by atoms with van der Waals surface area (Å²) in [7, 11) is 0. The second kappa shape index (κ2) is 7.51. The van der Waals surface area contributed by atoms with Crippen molar-refractivity contribution in [1.82, 2.24) is 4.90 Å². The number of carbonyl (C=O) groups is 2. The zero-order valence-corrected chi connectivity index (χ0v) is 14.9. The lowest BCUT2D eigenvalue weighted by molar-refractivity contribution is -0.150. The maximum Gasteiger partial charge on any atom is 0.327 e. The highest BCUT2D eigenvalue weighted by molar-refractivity contribution is 9.11. The van der Waals surface area contributed by atoms with Gasteiger partial charge in [-0.25, -0.2) is 4.79 Å². The van der Waals surface area contributed by atoms with Crippen LogP contribution in [0.2, 0.25) is 0 Å². The fourth-order valence-corrected chi connectivity index (χ4v) is 4.12. The van der Waals surface area contributed by atoms with Gasteiger partial charge in [0.15, 0.2) is 6.61 Å². The molecule has 2 rings (SSSR count). The highest BCUT2D eigenvalue weighted by Gasteiger charge is 2.32. The van der Waals surface area contributed by atoms with E-state index in [0.29, 0.717) is 18.0 Å². The van der Waals surface area contributed by atoms with Crippen molar-refractivity contribution in [3.8, 4) is 5.75 Å². The predicted octanol–water partition coefficient (Wildman–Crippen LogP) is 2.62. The second-order valence-electron chi connectivity index (χ2n) is 4.38. The third-order valence-electron chi connectivity index (χ3n) is 2.98. The van der Waals surface area contributed by atoms with Gasteiger partial charge in [0.05, 0.1) is 4.47 Å². The molecule has 0 radical (unpaired) electrons. The van der Waals surface area contributed by atoms with Gasteiger partial charge in [-0.3, -0.25) is 4.79 Å². The SMILES string of the molecule is O=C(O)C1CSCCN1C(=O)COc1ccc(Br)cc1Br. The molecule has 0 spiro atoms. The van der Waals surface area contributed by atoms with Crippen molar-refractivity contribution in [2.24, 2.45) is 0 Å². The highest BCUT2D eigenvalue weighted by Crippen LogP contribution is 2.28. The third-order valence-corrected chi connectivity index (χ3v) is 5.11. The number of carboxylic acid groups (broad SMARTS) is 1. The van der Waals surface area contributed by atoms with E-state index in [0.717, 1.165) is 14.7 Å². The van der Waals surface area contributed by atoms with Gasteiger partial charge in [0.1, 0.15) is 11.8 Å². The summed E-state index contributed by atoms with van der Waals surface area (Å²) in [5.74, 6) is 0.434. The fraction of sp³-hybridized carbons (Fsp3) is 0.385. The molecule has 1 atom stereocenters. The van der Waals surface area contributed by atoms with Crippen molar-refractivity contribution < 1.29 is 19.4 Å². The van der Waals surface area contributed by atoms with E-state index in [2.05, 4.69) is 31.9 Å². The molecule has 0 aromatic heterocycles. The van der Waals surface area contributed by atoms with Crippen molar-refractivity contribution in [3.63, 3.8) is 0 Å². The zero-order chi connectivity index (χ0) is 15.4. The van der Waals surface area contributed by atoms with Crippen LogP contribution in [0.5, 0.6) is 5.75 Å². The normalized spacial score (nSPS) is 18.4. The molecule has 1 saturated heterocycles. The number of nitrogens with zero attached hydrogens (tertiary/aromatic N) is 1. The molecule has 8 heteroatoms. The Morgan fingerprint density at radius 1 is 1.43 bits per heavy atom. The van der Waals surface area contributed by atoms with E-state index in [9.17, 15) is 9.59 Å². The number of thioether (sulfide) groups is 1. The molecule has 1 aromatic rings. The minimum absolute atomic E-state index is 0.172. The zero-order valence-electron chi connectivity index (χ0n) is 10.9. The molecule has 1 amide bonds. The molecule has 1 aliphatic heterocycles. The quantitative estimate of drug-likeness (QED) is 0.782. The number of carbonyl (C=O) groups excluding carboxylic acids is 1. The molecule has 1 unspecified atom stereocenters. The molecular formula is C13H13Br2NO4S. The van der Waals surface area contributed by atoms with E-state index in [4.69, 9.17) is 9.84 Å². The van der Waals surface area contributed by atoms with Crippen molar-refractivity contribution in [1.29, 1.82) is 0 Å². The third kappa shape index (κ3) is 4.37. The van der Waals surface area contributed by atoms with E-state index in [-0.39, 0.29) is 12.5 Å². The molecular weight excluding hydrogens is 426 g/mol. The van der Waals surface area contributed by atoms with Crippen LogP contribution in [0, 0.1) is 0 Å². The van der Waals surface area contributed by atoms with Gasteiger partial charge >= 0.3 is 5.97 Å². The molecule has 21 heavy (non-hydrogen) atoms. The Labute approximate surface area is 143 Å². The summed E-state index contributed by atoms with van der Waals surface area (Å²) in [6, 6.07) is 4.59. The van der Waals surface area contributed by atoms with Crippen LogP contribution in [0.1, 0.15) is 0 Å². The first kappa shape index (κ1) is 16.6. The van der Waals surface area contributed by atoms with Crippen molar-refractivity contribution >= 4 is 55.5 Å². The molecule has 1 N–H and O–H groups in total. The average molecular weight is 439 g/mol. The Kier molecular flexibility index (Phi) is 5.95. The summed E-state index contributed by atoms with van der Waals surface area (Å²) < 4.78 is 7.10. The predicted molar refractivity (Wildman–Crippen MR) is 87.8 cm³/mol. The number of ether oxygens (including phenoxy) is 1. The molecule has 1 heterocycles. The summed E-state index contributed by atoms with van der Waals surface area (Å²) in [6.07, 6.45) is 0. The summed E-state index contributed by atoms with van der Waals surface area (Å²) in [5.41, 5.74) is 0. The first-order chi connectivity index (χ1) is 9.99. The van der Waals surface area contributed by atoms with Crippen molar-refractivity contribution in [2.45, 2.75) is 6.04 Å². The standard InChI is InChI=1S/C13H13Br2NO4S/c14-8-1-2-11(9(15)5-8)20-6-12(17)16-3-4-21-7-10(16)13(18)19/h1-2,5,10H,3-4,6-7H2,(H,18,19). The number of hydrogen-bond acceptors (Lipinski definition) is 4. The monoisotopic (exact) mass is 437 g/mol. The van der Waals surface area contributed by atoms with Crippen LogP contribution in [-0.4, -0.2) is 52.6 Å². The Hall–Kier alpha value is -0.730. The van der Waals surface area contributed by atoms with Gasteiger partial charge in [-0.05, 0) is 34.1 Å². The van der Waals surface area contributed by atoms with Gasteiger partial charge in [-0.1, -0.05) is 15.9 Å². The summed E-state index contributed by atoms with van der Waals surface area (Å²) in [5, 5.41) is 9.16. The summed E-state index contributed by atoms with van der Waals surface area (Å²) in [4.78, 5) is 24.7. The van der Waals surface area contributed by atoms with E-state index in [1.165, 1.54) is 4.90 Å². The van der Waals surface area contributed by atoms with E-state index >= 15 is 0 Å². The molecule has 5 nitrogen and oxygen atoms in total. The molecule has 114 valence electrons. The van der Waals surface area contributed by atoms with Gasteiger partial charge in [-0.2, -0.15) is 11.8 Å². The first-order valence-electron chi connectivity index (χ1n) is 6.17. The van der Waals surface area contributed by atoms with Crippen LogP contribution in [-0.2, 0) is 9.59 Å². The Bertz CT molecular complexity index is 555. The van der Waals surface area contributed by atoms with Crippen LogP contribution < -0.4 is 4.74 Å². The maximum absolute atomic E-state index is 12.2. The highest BCUT2D eigenvalue weighted by atomic mass is 79.9. The molecule has 1 fully saturated rings. The molecule has 0 bridgehead atoms. The van der Waals surface area contributed by atoms with E-state index < -0.39 is 12.0 Å². The van der Waals surface area contributed by atoms with Crippen molar-refractivity contribution in [3.05, 3.63) is 27.1 Å². The topological polar surface area (TPSA) is 66.8 Å². The fourth-order valence-electron chi connectivity index (χ4n) is 1.92. The number of benzene rings is 1. The number of amides is 1. The maximum atomic E-state index is 12.2. The Morgan fingerprint density at radius 2 is 2.19 bits per heavy atom. The summed E-state index contributed by atoms with van der Waals surface area (Å²) in [6.45, 7) is 0.264. The number of carboxylic acids is 1. The Balaban J connectivity index is 1.98. The van der Waals surface area contributed by atoms with Crippen LogP contribution in [0.3, 0.4) is 0 Å². The van der Waals surface area contributed by atoms with Crippen LogP contribution in [0.15, 0.2) is 27.1 Å². The smallest absolute Gasteiger partial charge is 0.327 e. The molecule has 1 aromatic carbocycles. The Morgan fingerprint density at radius 3 is 2.86 bits per heavy atom. The van der Waals surface area contributed by atoms with Gasteiger partial charge in [-0.15, -0.1) is 0 Å². The van der Waals surface area contributed by atoms with Gasteiger partial charge in [0.25, 0.3) is 5.91 Å². The number of aliphatic carboxylic acids is 1. The first-order valence-corrected chi connectivity index (χ1v) is 8.91. The lowest BCUT2D eigenvalue weighted by atomic mass is 10.2. The van der Waals surface area contributed by atoms with Crippen LogP contribution in [0.25, 0.3) is 0 Å². The van der Waals surface area contributed by atoms with E-state index in [1.54, 1.807) is 17.8 Å².